The van der Waals surface area contributed by atoms with Crippen LogP contribution in [0, 0.1) is 23.6 Å². The quantitative estimate of drug-likeness (QED) is 0.335. The molecule has 0 aliphatic carbocycles. The van der Waals surface area contributed by atoms with Gasteiger partial charge < -0.3 is 39.3 Å². The van der Waals surface area contributed by atoms with E-state index >= 15 is 4.39 Å². The van der Waals surface area contributed by atoms with Gasteiger partial charge >= 0.3 is 12.1 Å². The van der Waals surface area contributed by atoms with Crippen molar-refractivity contribution in [2.45, 2.75) is 58.3 Å². The first-order valence-corrected chi connectivity index (χ1v) is 18.4. The molecule has 0 bridgehead atoms. The molecule has 0 saturated carbocycles. The van der Waals surface area contributed by atoms with Crippen LogP contribution < -0.4 is 4.90 Å². The number of esters is 1. The van der Waals surface area contributed by atoms with Gasteiger partial charge in [-0.2, -0.15) is 0 Å². The van der Waals surface area contributed by atoms with Gasteiger partial charge in [-0.15, -0.1) is 0 Å². The molecule has 3 fully saturated rings. The Morgan fingerprint density at radius 3 is 2.41 bits per heavy atom. The number of carbonyl (C=O) groups is 3. The van der Waals surface area contributed by atoms with Crippen molar-refractivity contribution in [2.24, 2.45) is 17.8 Å². The third kappa shape index (κ3) is 10.5. The fraction of sp³-hybridized carbons (Fsp3) is 0.658. The van der Waals surface area contributed by atoms with Gasteiger partial charge in [-0.3, -0.25) is 14.5 Å². The molecule has 3 saturated heterocycles. The minimum absolute atomic E-state index is 0.0578. The minimum Gasteiger partial charge on any atom is -0.465 e. The lowest BCUT2D eigenvalue weighted by Gasteiger charge is -2.43. The summed E-state index contributed by atoms with van der Waals surface area (Å²) >= 11 is 0. The predicted molar refractivity (Wildman–Crippen MR) is 193 cm³/mol. The standard InChI is InChI=1S/C38H56FN5O7/c1-26-5-7-32(45)23-36(47)51-37(27(2)6-8-33(26)34-24-40(4)9-14-44(34)38(48)49)28(3)19-29-20-30(39)22-31(21-29)42-10-12-43(13-11-42)35(46)25-41-15-17-50-18-16-41/h6,8,19-22,26-27,32-34,37,45H,5,7,9-18,23-25H2,1-4H3,(H,48,49)/b8-6+,28-19?/t26?,27?,32?,33?,34-,37?/m1/s1. The molecule has 2 N–H and O–H groups in total. The maximum Gasteiger partial charge on any atom is 0.407 e. The van der Waals surface area contributed by atoms with Crippen molar-refractivity contribution in [1.82, 2.24) is 19.6 Å². The zero-order valence-corrected chi connectivity index (χ0v) is 30.6. The normalized spacial score (nSPS) is 30.3. The first kappa shape index (κ1) is 38.7. The summed E-state index contributed by atoms with van der Waals surface area (Å²) < 4.78 is 26.5. The number of cyclic esters (lactones) is 1. The second-order valence-corrected chi connectivity index (χ2v) is 14.8. The van der Waals surface area contributed by atoms with E-state index in [1.54, 1.807) is 0 Å². The second kappa shape index (κ2) is 17.8. The summed E-state index contributed by atoms with van der Waals surface area (Å²) in [5, 5.41) is 20.8. The summed E-state index contributed by atoms with van der Waals surface area (Å²) in [5.41, 5.74) is 2.06. The van der Waals surface area contributed by atoms with Crippen molar-refractivity contribution in [3.8, 4) is 0 Å². The third-order valence-electron chi connectivity index (χ3n) is 10.9. The number of aliphatic hydroxyl groups excluding tert-OH is 1. The number of piperazine rings is 2. The molecule has 2 amide bonds. The monoisotopic (exact) mass is 713 g/mol. The number of carbonyl (C=O) groups excluding carboxylic acids is 2. The Morgan fingerprint density at radius 2 is 1.71 bits per heavy atom. The Kier molecular flexibility index (Phi) is 13.5. The number of likely N-dealkylation sites (N-methyl/N-ethyl adjacent to an activating group) is 1. The average Bonchev–Trinajstić information content (AvgIpc) is 3.09. The van der Waals surface area contributed by atoms with Crippen LogP contribution in [0.5, 0.6) is 0 Å². The fourth-order valence-electron chi connectivity index (χ4n) is 7.84. The van der Waals surface area contributed by atoms with Crippen LogP contribution in [-0.4, -0.2) is 152 Å². The number of aliphatic hydroxyl groups is 1. The zero-order valence-electron chi connectivity index (χ0n) is 30.6. The molecule has 4 heterocycles. The summed E-state index contributed by atoms with van der Waals surface area (Å²) in [6, 6.07) is 4.61. The maximum absolute atomic E-state index is 15.1. The maximum atomic E-state index is 15.1. The number of rotatable bonds is 6. The number of hydrogen-bond acceptors (Lipinski definition) is 9. The number of hydrogen-bond donors (Lipinski definition) is 2. The molecule has 4 aliphatic heterocycles. The van der Waals surface area contributed by atoms with E-state index in [9.17, 15) is 24.6 Å². The van der Waals surface area contributed by atoms with Gasteiger partial charge in [0.2, 0.25) is 5.91 Å². The average molecular weight is 714 g/mol. The molecule has 282 valence electrons. The summed E-state index contributed by atoms with van der Waals surface area (Å²) in [6.45, 7) is 13.0. The van der Waals surface area contributed by atoms with E-state index in [-0.39, 0.29) is 41.9 Å². The van der Waals surface area contributed by atoms with Gasteiger partial charge in [0.15, 0.2) is 0 Å². The van der Waals surface area contributed by atoms with Crippen LogP contribution in [0.15, 0.2) is 35.9 Å². The molecule has 5 rings (SSSR count). The first-order valence-electron chi connectivity index (χ1n) is 18.4. The second-order valence-electron chi connectivity index (χ2n) is 14.8. The van der Waals surface area contributed by atoms with Crippen LogP contribution in [0.2, 0.25) is 0 Å². The summed E-state index contributed by atoms with van der Waals surface area (Å²) in [4.78, 5) is 48.0. The number of benzene rings is 1. The van der Waals surface area contributed by atoms with Gasteiger partial charge in [0.25, 0.3) is 0 Å². The smallest absolute Gasteiger partial charge is 0.407 e. The lowest BCUT2D eigenvalue weighted by Crippen LogP contribution is -2.57. The molecule has 13 heteroatoms. The van der Waals surface area contributed by atoms with E-state index in [4.69, 9.17) is 9.47 Å². The first-order chi connectivity index (χ1) is 24.4. The van der Waals surface area contributed by atoms with E-state index in [1.165, 1.54) is 17.0 Å². The van der Waals surface area contributed by atoms with E-state index in [1.807, 2.05) is 44.0 Å². The van der Waals surface area contributed by atoms with Crippen LogP contribution in [0.25, 0.3) is 6.08 Å². The van der Waals surface area contributed by atoms with Gasteiger partial charge in [0, 0.05) is 76.4 Å². The van der Waals surface area contributed by atoms with Crippen LogP contribution in [0.1, 0.15) is 45.6 Å². The van der Waals surface area contributed by atoms with Crippen LogP contribution in [0.4, 0.5) is 14.9 Å². The molecular weight excluding hydrogens is 657 g/mol. The van der Waals surface area contributed by atoms with Gasteiger partial charge in [-0.05, 0) is 62.1 Å². The largest absolute Gasteiger partial charge is 0.465 e. The number of carboxylic acid groups (broad SMARTS) is 1. The molecule has 4 aliphatic rings. The summed E-state index contributed by atoms with van der Waals surface area (Å²) in [6.07, 6.45) is 4.31. The highest BCUT2D eigenvalue weighted by Crippen LogP contribution is 2.32. The Morgan fingerprint density at radius 1 is 0.980 bits per heavy atom. The number of ether oxygens (including phenoxy) is 2. The van der Waals surface area contributed by atoms with Crippen molar-refractivity contribution in [3.05, 3.63) is 47.3 Å². The van der Waals surface area contributed by atoms with Gasteiger partial charge in [0.1, 0.15) is 11.9 Å². The fourth-order valence-corrected chi connectivity index (χ4v) is 7.84. The highest BCUT2D eigenvalue weighted by atomic mass is 19.1. The number of anilines is 1. The number of morpholine rings is 1. The molecule has 0 aromatic heterocycles. The van der Waals surface area contributed by atoms with Gasteiger partial charge in [0.05, 0.1) is 38.3 Å². The Labute approximate surface area is 301 Å². The van der Waals surface area contributed by atoms with E-state index < -0.39 is 24.3 Å². The topological polar surface area (TPSA) is 126 Å². The summed E-state index contributed by atoms with van der Waals surface area (Å²) in [7, 11) is 2.00. The van der Waals surface area contributed by atoms with Crippen molar-refractivity contribution < 1.29 is 38.5 Å². The Balaban J connectivity index is 1.33. The minimum atomic E-state index is -0.938. The summed E-state index contributed by atoms with van der Waals surface area (Å²) in [5.74, 6) is -1.13. The number of nitrogens with zero attached hydrogens (tertiary/aromatic N) is 5. The molecular formula is C38H56FN5O7. The SMILES string of the molecule is CC(=Cc1cc(F)cc(N2CCN(C(=O)CN3CCOCC3)CC2)c1)C1OC(=O)CC(O)CCC(C)C([C@H]2CN(C)CCN2C(=O)O)/C=C/C1C. The van der Waals surface area contributed by atoms with E-state index in [0.29, 0.717) is 84.0 Å². The highest BCUT2D eigenvalue weighted by molar-refractivity contribution is 5.78. The van der Waals surface area contributed by atoms with Crippen LogP contribution >= 0.6 is 0 Å². The van der Waals surface area contributed by atoms with E-state index in [2.05, 4.69) is 27.7 Å². The van der Waals surface area contributed by atoms with Gasteiger partial charge in [-0.25, -0.2) is 9.18 Å². The lowest BCUT2D eigenvalue weighted by atomic mass is 9.80. The number of halogens is 1. The molecule has 1 aromatic carbocycles. The Hall–Kier alpha value is -3.52. The van der Waals surface area contributed by atoms with Crippen molar-refractivity contribution >= 4 is 29.7 Å². The van der Waals surface area contributed by atoms with E-state index in [0.717, 1.165) is 24.4 Å². The predicted octanol–water partition coefficient (Wildman–Crippen LogP) is 3.41. The van der Waals surface area contributed by atoms with Gasteiger partial charge in [-0.1, -0.05) is 32.1 Å². The molecule has 12 nitrogen and oxygen atoms in total. The molecule has 5 unspecified atom stereocenters. The molecule has 51 heavy (non-hydrogen) atoms. The zero-order chi connectivity index (χ0) is 36.7. The molecule has 6 atom stereocenters. The molecule has 0 radical (unpaired) electrons. The molecule has 0 spiro atoms. The van der Waals surface area contributed by atoms with Crippen LogP contribution in [0.3, 0.4) is 0 Å². The van der Waals surface area contributed by atoms with Crippen molar-refractivity contribution in [1.29, 1.82) is 0 Å². The Bertz CT molecular complexity index is 1430. The van der Waals surface area contributed by atoms with Crippen LogP contribution in [-0.2, 0) is 19.1 Å². The van der Waals surface area contributed by atoms with Crippen molar-refractivity contribution in [2.75, 3.05) is 90.6 Å². The number of amides is 2. The van der Waals surface area contributed by atoms with Crippen molar-refractivity contribution in [3.63, 3.8) is 0 Å². The highest BCUT2D eigenvalue weighted by Gasteiger charge is 2.37. The lowest BCUT2D eigenvalue weighted by molar-refractivity contribution is -0.151. The molecule has 1 aromatic rings. The third-order valence-corrected chi connectivity index (χ3v) is 10.9.